The molecule has 5 nitrogen and oxygen atoms in total. The Kier molecular flexibility index (Phi) is 4.19. The topological polar surface area (TPSA) is 64.8 Å². The molecule has 3 fully saturated rings. The fraction of sp³-hybridized carbons (Fsp3) is 0.579. The number of fused-ring (bicyclic) bond motifs is 3. The number of alkyl halides is 3. The second kappa shape index (κ2) is 6.05. The van der Waals surface area contributed by atoms with Gasteiger partial charge in [0.1, 0.15) is 5.82 Å². The molecular weight excluding hydrogens is 391 g/mol. The van der Waals surface area contributed by atoms with Crippen LogP contribution < -0.4 is 0 Å². The van der Waals surface area contributed by atoms with Crippen LogP contribution in [0.5, 0.6) is 0 Å². The van der Waals surface area contributed by atoms with E-state index in [9.17, 15) is 21.6 Å². The molecular formula is C19H22F3N3O2S. The van der Waals surface area contributed by atoms with Gasteiger partial charge in [-0.3, -0.25) is 0 Å². The molecule has 0 aliphatic heterocycles. The average Bonchev–Trinajstić information content (AvgIpc) is 3.04. The van der Waals surface area contributed by atoms with Crippen molar-refractivity contribution in [1.29, 1.82) is 0 Å². The van der Waals surface area contributed by atoms with Gasteiger partial charge in [-0.25, -0.2) is 8.42 Å². The van der Waals surface area contributed by atoms with Crippen LogP contribution in [0.15, 0.2) is 24.3 Å². The molecule has 0 saturated heterocycles. The van der Waals surface area contributed by atoms with Gasteiger partial charge in [-0.15, -0.1) is 10.2 Å². The van der Waals surface area contributed by atoms with Gasteiger partial charge in [0.25, 0.3) is 0 Å². The van der Waals surface area contributed by atoms with E-state index in [4.69, 9.17) is 0 Å². The van der Waals surface area contributed by atoms with Crippen molar-refractivity contribution in [3.8, 4) is 11.4 Å². The van der Waals surface area contributed by atoms with Crippen LogP contribution in [0.3, 0.4) is 0 Å². The smallest absolute Gasteiger partial charge is 0.314 e. The van der Waals surface area contributed by atoms with Gasteiger partial charge in [0.2, 0.25) is 0 Å². The summed E-state index contributed by atoms with van der Waals surface area (Å²) < 4.78 is 65.8. The molecule has 0 atom stereocenters. The van der Waals surface area contributed by atoms with Gasteiger partial charge in [-0.05, 0) is 44.6 Å². The van der Waals surface area contributed by atoms with Crippen LogP contribution in [0.2, 0.25) is 0 Å². The summed E-state index contributed by atoms with van der Waals surface area (Å²) >= 11 is 0. The molecule has 5 rings (SSSR count). The zero-order chi connectivity index (χ0) is 20.4. The quantitative estimate of drug-likeness (QED) is 0.766. The predicted octanol–water partition coefficient (Wildman–Crippen LogP) is 3.89. The summed E-state index contributed by atoms with van der Waals surface area (Å²) in [7, 11) is -1.45. The Hall–Kier alpha value is -1.90. The van der Waals surface area contributed by atoms with Crippen molar-refractivity contribution in [3.63, 3.8) is 0 Å². The molecule has 9 heteroatoms. The number of nitrogens with zero attached hydrogens (tertiary/aromatic N) is 3. The molecule has 0 spiro atoms. The van der Waals surface area contributed by atoms with Crippen LogP contribution in [-0.4, -0.2) is 34.2 Å². The Labute approximate surface area is 161 Å². The Morgan fingerprint density at radius 3 is 2.11 bits per heavy atom. The molecule has 2 aromatic rings. The maximum absolute atomic E-state index is 13.4. The summed E-state index contributed by atoms with van der Waals surface area (Å²) in [5, 5.41) is 8.39. The lowest BCUT2D eigenvalue weighted by Gasteiger charge is -2.51. The molecule has 1 aromatic carbocycles. The molecule has 0 amide bonds. The van der Waals surface area contributed by atoms with E-state index in [-0.39, 0.29) is 16.8 Å². The van der Waals surface area contributed by atoms with Crippen molar-refractivity contribution in [2.24, 2.45) is 7.05 Å². The normalized spacial score (nSPS) is 27.9. The van der Waals surface area contributed by atoms with Crippen molar-refractivity contribution in [2.75, 3.05) is 6.26 Å². The molecule has 1 aromatic heterocycles. The number of rotatable bonds is 3. The summed E-state index contributed by atoms with van der Waals surface area (Å²) in [5.41, 5.74) is -1.05. The van der Waals surface area contributed by atoms with Crippen LogP contribution in [0.1, 0.15) is 49.9 Å². The Balaban J connectivity index is 1.73. The van der Waals surface area contributed by atoms with Gasteiger partial charge >= 0.3 is 6.18 Å². The monoisotopic (exact) mass is 413 g/mol. The van der Waals surface area contributed by atoms with Gasteiger partial charge in [-0.2, -0.15) is 13.2 Å². The minimum absolute atomic E-state index is 0.00440. The maximum atomic E-state index is 13.4. The molecule has 3 aliphatic rings. The predicted molar refractivity (Wildman–Crippen MR) is 98.4 cm³/mol. The van der Waals surface area contributed by atoms with E-state index in [0.717, 1.165) is 6.07 Å². The van der Waals surface area contributed by atoms with Gasteiger partial charge in [0, 0.05) is 24.3 Å². The Bertz CT molecular complexity index is 1000. The van der Waals surface area contributed by atoms with Crippen molar-refractivity contribution >= 4 is 9.84 Å². The fourth-order valence-electron chi connectivity index (χ4n) is 4.99. The van der Waals surface area contributed by atoms with Crippen molar-refractivity contribution < 1.29 is 21.6 Å². The largest absolute Gasteiger partial charge is 0.417 e. The maximum Gasteiger partial charge on any atom is 0.417 e. The molecule has 28 heavy (non-hydrogen) atoms. The first kappa shape index (κ1) is 19.4. The van der Waals surface area contributed by atoms with Crippen LogP contribution >= 0.6 is 0 Å². The van der Waals surface area contributed by atoms with Gasteiger partial charge in [0.15, 0.2) is 15.7 Å². The molecule has 3 aliphatic carbocycles. The van der Waals surface area contributed by atoms with E-state index in [0.29, 0.717) is 44.3 Å². The summed E-state index contributed by atoms with van der Waals surface area (Å²) in [6.45, 7) is 0. The molecule has 152 valence electrons. The van der Waals surface area contributed by atoms with E-state index in [1.165, 1.54) is 18.4 Å². The lowest BCUT2D eigenvalue weighted by molar-refractivity contribution is -0.137. The zero-order valence-corrected chi connectivity index (χ0v) is 16.6. The Morgan fingerprint density at radius 2 is 1.57 bits per heavy atom. The highest BCUT2D eigenvalue weighted by molar-refractivity contribution is 7.92. The van der Waals surface area contributed by atoms with Crippen LogP contribution in [0, 0.1) is 0 Å². The lowest BCUT2D eigenvalue weighted by Crippen LogP contribution is -2.52. The van der Waals surface area contributed by atoms with E-state index in [2.05, 4.69) is 10.2 Å². The first-order valence-electron chi connectivity index (χ1n) is 9.25. The van der Waals surface area contributed by atoms with E-state index >= 15 is 0 Å². The minimum atomic E-state index is -4.48. The van der Waals surface area contributed by atoms with E-state index < -0.39 is 26.3 Å². The second-order valence-corrected chi connectivity index (χ2v) is 10.6. The molecule has 1 heterocycles. The average molecular weight is 413 g/mol. The highest BCUT2D eigenvalue weighted by atomic mass is 32.2. The summed E-state index contributed by atoms with van der Waals surface area (Å²) in [4.78, 5) is 0. The molecule has 2 bridgehead atoms. The summed E-state index contributed by atoms with van der Waals surface area (Å²) in [5.74, 6) is 0.837. The highest BCUT2D eigenvalue weighted by Crippen LogP contribution is 2.56. The van der Waals surface area contributed by atoms with E-state index in [1.54, 1.807) is 17.7 Å². The number of hydrogen-bond acceptors (Lipinski definition) is 4. The first-order valence-corrected chi connectivity index (χ1v) is 11.1. The van der Waals surface area contributed by atoms with Gasteiger partial charge in [0.05, 0.1) is 10.3 Å². The van der Waals surface area contributed by atoms with Crippen LogP contribution in [-0.2, 0) is 28.5 Å². The molecule has 0 radical (unpaired) electrons. The zero-order valence-electron chi connectivity index (χ0n) is 15.8. The molecule has 3 saturated carbocycles. The highest BCUT2D eigenvalue weighted by Gasteiger charge is 2.55. The number of aromatic nitrogens is 3. The van der Waals surface area contributed by atoms with Crippen LogP contribution in [0.4, 0.5) is 13.2 Å². The van der Waals surface area contributed by atoms with Crippen LogP contribution in [0.25, 0.3) is 11.4 Å². The Morgan fingerprint density at radius 1 is 1.00 bits per heavy atom. The third-order valence-corrected chi connectivity index (χ3v) is 8.97. The third-order valence-electron chi connectivity index (χ3n) is 6.79. The van der Waals surface area contributed by atoms with Crippen molar-refractivity contribution in [3.05, 3.63) is 35.7 Å². The van der Waals surface area contributed by atoms with Crippen molar-refractivity contribution in [2.45, 2.75) is 54.9 Å². The molecule has 0 unspecified atom stereocenters. The van der Waals surface area contributed by atoms with Gasteiger partial charge < -0.3 is 4.57 Å². The standard InChI is InChI=1S/C19H22F3N3O2S/c1-25-15(13-5-3-4-6-14(13)19(20,21)22)23-24-16(25)17-7-10-18(11-8-17,12-9-17)28(2,26)27/h3-6H,7-12H2,1-2H3. The van der Waals surface area contributed by atoms with Crippen molar-refractivity contribution in [1.82, 2.24) is 14.8 Å². The molecule has 0 N–H and O–H groups in total. The summed E-state index contributed by atoms with van der Waals surface area (Å²) in [6.07, 6.45) is 0.492. The SMILES string of the molecule is Cn1c(-c2ccccc2C(F)(F)F)nnc1C12CCC(S(C)(=O)=O)(CC1)CC2. The number of halogens is 3. The second-order valence-electron chi connectivity index (χ2n) is 8.19. The van der Waals surface area contributed by atoms with Gasteiger partial charge in [-0.1, -0.05) is 18.2 Å². The van der Waals surface area contributed by atoms with E-state index in [1.807, 2.05) is 0 Å². The number of benzene rings is 1. The first-order chi connectivity index (χ1) is 13.0. The minimum Gasteiger partial charge on any atom is -0.314 e. The number of sulfone groups is 1. The lowest BCUT2D eigenvalue weighted by atomic mass is 9.60. The number of hydrogen-bond donors (Lipinski definition) is 0. The fourth-order valence-corrected chi connectivity index (χ4v) is 6.41. The summed E-state index contributed by atoms with van der Waals surface area (Å²) in [6, 6.07) is 5.36. The third kappa shape index (κ3) is 2.77.